The summed E-state index contributed by atoms with van der Waals surface area (Å²) < 4.78 is 5.24. The number of rotatable bonds is 4. The Balaban J connectivity index is 2.12. The van der Waals surface area contributed by atoms with Crippen LogP contribution in [0.15, 0.2) is 6.07 Å². The summed E-state index contributed by atoms with van der Waals surface area (Å²) in [7, 11) is 1.75. The molecule has 0 aliphatic carbocycles. The van der Waals surface area contributed by atoms with Crippen LogP contribution in [0.4, 0.5) is 11.6 Å². The summed E-state index contributed by atoms with van der Waals surface area (Å²) in [6, 6.07) is 1.89. The van der Waals surface area contributed by atoms with E-state index in [-0.39, 0.29) is 0 Å². The van der Waals surface area contributed by atoms with Gasteiger partial charge in [-0.3, -0.25) is 0 Å². The average Bonchev–Trinajstić information content (AvgIpc) is 2.39. The van der Waals surface area contributed by atoms with E-state index in [1.165, 1.54) is 12.8 Å². The Morgan fingerprint density at radius 3 is 3.11 bits per heavy atom. The Labute approximate surface area is 108 Å². The highest BCUT2D eigenvalue weighted by molar-refractivity contribution is 5.49. The predicted octanol–water partition coefficient (Wildman–Crippen LogP) is 0.933. The first-order chi connectivity index (χ1) is 8.72. The summed E-state index contributed by atoms with van der Waals surface area (Å²) in [5.74, 6) is 8.32. The van der Waals surface area contributed by atoms with Crippen molar-refractivity contribution in [2.45, 2.75) is 19.8 Å². The van der Waals surface area contributed by atoms with E-state index in [0.29, 0.717) is 11.7 Å². The number of nitrogens with two attached hydrogens (primary N) is 1. The Morgan fingerprint density at radius 1 is 1.56 bits per heavy atom. The van der Waals surface area contributed by atoms with Crippen molar-refractivity contribution in [2.24, 2.45) is 11.8 Å². The van der Waals surface area contributed by atoms with Crippen LogP contribution >= 0.6 is 0 Å². The SMILES string of the molecule is COCC1CCCN(c2cc(NN)nc(C)n2)C1. The molecule has 1 atom stereocenters. The van der Waals surface area contributed by atoms with Crippen molar-refractivity contribution in [3.05, 3.63) is 11.9 Å². The zero-order chi connectivity index (χ0) is 13.0. The zero-order valence-corrected chi connectivity index (χ0v) is 11.0. The van der Waals surface area contributed by atoms with Crippen LogP contribution in [-0.2, 0) is 4.74 Å². The van der Waals surface area contributed by atoms with Crippen LogP contribution in [0.25, 0.3) is 0 Å². The highest BCUT2D eigenvalue weighted by Crippen LogP contribution is 2.23. The lowest BCUT2D eigenvalue weighted by Crippen LogP contribution is -2.37. The summed E-state index contributed by atoms with van der Waals surface area (Å²) in [4.78, 5) is 11.0. The number of aromatic nitrogens is 2. The number of nitrogen functional groups attached to an aromatic ring is 1. The second kappa shape index (κ2) is 5.97. The van der Waals surface area contributed by atoms with Gasteiger partial charge in [-0.25, -0.2) is 15.8 Å². The number of hydrogen-bond donors (Lipinski definition) is 2. The van der Waals surface area contributed by atoms with Crippen LogP contribution in [0.5, 0.6) is 0 Å². The first kappa shape index (κ1) is 13.0. The number of nitrogens with one attached hydrogen (secondary N) is 1. The van der Waals surface area contributed by atoms with Gasteiger partial charge in [0.25, 0.3) is 0 Å². The van der Waals surface area contributed by atoms with E-state index in [0.717, 1.165) is 31.3 Å². The molecule has 0 radical (unpaired) electrons. The smallest absolute Gasteiger partial charge is 0.145 e. The number of piperidine rings is 1. The quantitative estimate of drug-likeness (QED) is 0.612. The maximum atomic E-state index is 5.41. The molecule has 1 unspecified atom stereocenters. The molecule has 0 amide bonds. The molecule has 1 aliphatic rings. The fraction of sp³-hybridized carbons (Fsp3) is 0.667. The predicted molar refractivity (Wildman–Crippen MR) is 71.4 cm³/mol. The van der Waals surface area contributed by atoms with Crippen LogP contribution < -0.4 is 16.2 Å². The van der Waals surface area contributed by atoms with Crippen molar-refractivity contribution in [1.82, 2.24) is 9.97 Å². The summed E-state index contributed by atoms with van der Waals surface area (Å²) in [6.45, 7) is 4.69. The van der Waals surface area contributed by atoms with Crippen LogP contribution in [0.2, 0.25) is 0 Å². The maximum absolute atomic E-state index is 5.41. The molecule has 3 N–H and O–H groups in total. The van der Waals surface area contributed by atoms with Crippen LogP contribution in [0.3, 0.4) is 0 Å². The first-order valence-electron chi connectivity index (χ1n) is 6.29. The minimum atomic E-state index is 0.577. The Kier molecular flexibility index (Phi) is 4.33. The van der Waals surface area contributed by atoms with E-state index in [1.54, 1.807) is 7.11 Å². The minimum Gasteiger partial charge on any atom is -0.384 e. The van der Waals surface area contributed by atoms with Crippen molar-refractivity contribution in [3.8, 4) is 0 Å². The van der Waals surface area contributed by atoms with Gasteiger partial charge in [-0.2, -0.15) is 0 Å². The molecule has 1 aliphatic heterocycles. The van der Waals surface area contributed by atoms with Gasteiger partial charge in [0, 0.05) is 26.3 Å². The van der Waals surface area contributed by atoms with Crippen LogP contribution in [-0.4, -0.2) is 36.8 Å². The summed E-state index contributed by atoms with van der Waals surface area (Å²) in [6.07, 6.45) is 2.39. The van der Waals surface area contributed by atoms with E-state index < -0.39 is 0 Å². The fourth-order valence-corrected chi connectivity index (χ4v) is 2.43. The lowest BCUT2D eigenvalue weighted by molar-refractivity contribution is 0.143. The Hall–Kier alpha value is -1.40. The third-order valence-corrected chi connectivity index (χ3v) is 3.22. The first-order valence-corrected chi connectivity index (χ1v) is 6.29. The molecule has 6 heteroatoms. The summed E-state index contributed by atoms with van der Waals surface area (Å²) in [5.41, 5.74) is 2.58. The molecule has 18 heavy (non-hydrogen) atoms. The van der Waals surface area contributed by atoms with Gasteiger partial charge in [0.15, 0.2) is 0 Å². The van der Waals surface area contributed by atoms with E-state index >= 15 is 0 Å². The van der Waals surface area contributed by atoms with Gasteiger partial charge in [-0.15, -0.1) is 0 Å². The number of methoxy groups -OCH3 is 1. The molecule has 100 valence electrons. The molecule has 0 saturated carbocycles. The standard InChI is InChI=1S/C12H21N5O/c1-9-14-11(16-13)6-12(15-9)17-5-3-4-10(7-17)8-18-2/h6,10H,3-5,7-8,13H2,1-2H3,(H,14,15,16). The number of aryl methyl sites for hydroxylation is 1. The Bertz CT molecular complexity index is 396. The monoisotopic (exact) mass is 251 g/mol. The highest BCUT2D eigenvalue weighted by atomic mass is 16.5. The van der Waals surface area contributed by atoms with E-state index in [2.05, 4.69) is 20.3 Å². The molecule has 1 saturated heterocycles. The highest BCUT2D eigenvalue weighted by Gasteiger charge is 2.21. The average molecular weight is 251 g/mol. The fourth-order valence-electron chi connectivity index (χ4n) is 2.43. The van der Waals surface area contributed by atoms with Crippen LogP contribution in [0, 0.1) is 12.8 Å². The molecule has 1 fully saturated rings. The third-order valence-electron chi connectivity index (χ3n) is 3.22. The van der Waals surface area contributed by atoms with Gasteiger partial charge >= 0.3 is 0 Å². The summed E-state index contributed by atoms with van der Waals surface area (Å²) in [5, 5.41) is 0. The molecular weight excluding hydrogens is 230 g/mol. The number of hydrazine groups is 1. The van der Waals surface area contributed by atoms with Gasteiger partial charge < -0.3 is 15.1 Å². The molecule has 2 heterocycles. The Morgan fingerprint density at radius 2 is 2.39 bits per heavy atom. The lowest BCUT2D eigenvalue weighted by atomic mass is 9.99. The van der Waals surface area contributed by atoms with Gasteiger partial charge in [0.05, 0.1) is 6.61 Å². The second-order valence-corrected chi connectivity index (χ2v) is 4.71. The van der Waals surface area contributed by atoms with Gasteiger partial charge in [-0.1, -0.05) is 0 Å². The normalized spacial score (nSPS) is 19.9. The molecule has 6 nitrogen and oxygen atoms in total. The molecule has 0 aromatic carbocycles. The van der Waals surface area contributed by atoms with Crippen molar-refractivity contribution in [2.75, 3.05) is 37.1 Å². The van der Waals surface area contributed by atoms with Gasteiger partial charge in [0.1, 0.15) is 17.5 Å². The second-order valence-electron chi connectivity index (χ2n) is 4.71. The minimum absolute atomic E-state index is 0.577. The van der Waals surface area contributed by atoms with Crippen molar-refractivity contribution in [3.63, 3.8) is 0 Å². The van der Waals surface area contributed by atoms with Crippen LogP contribution in [0.1, 0.15) is 18.7 Å². The van der Waals surface area contributed by atoms with Crippen molar-refractivity contribution < 1.29 is 4.74 Å². The maximum Gasteiger partial charge on any atom is 0.145 e. The molecule has 0 spiro atoms. The zero-order valence-electron chi connectivity index (χ0n) is 11.0. The lowest BCUT2D eigenvalue weighted by Gasteiger charge is -2.33. The van der Waals surface area contributed by atoms with Crippen molar-refractivity contribution >= 4 is 11.6 Å². The molecule has 0 bridgehead atoms. The van der Waals surface area contributed by atoms with E-state index in [4.69, 9.17) is 10.6 Å². The molecule has 2 rings (SSSR count). The van der Waals surface area contributed by atoms with E-state index in [9.17, 15) is 0 Å². The molecule has 1 aromatic rings. The third kappa shape index (κ3) is 3.08. The largest absolute Gasteiger partial charge is 0.384 e. The van der Waals surface area contributed by atoms with Crippen molar-refractivity contribution in [1.29, 1.82) is 0 Å². The van der Waals surface area contributed by atoms with Gasteiger partial charge in [-0.05, 0) is 25.7 Å². The molecular formula is C12H21N5O. The summed E-state index contributed by atoms with van der Waals surface area (Å²) >= 11 is 0. The number of ether oxygens (including phenoxy) is 1. The number of nitrogens with zero attached hydrogens (tertiary/aromatic N) is 3. The topological polar surface area (TPSA) is 76.3 Å². The van der Waals surface area contributed by atoms with Gasteiger partial charge in [0.2, 0.25) is 0 Å². The molecule has 1 aromatic heterocycles. The van der Waals surface area contributed by atoms with E-state index in [1.807, 2.05) is 13.0 Å². The number of hydrogen-bond acceptors (Lipinski definition) is 6. The number of anilines is 2.